The van der Waals surface area contributed by atoms with E-state index in [0.29, 0.717) is 33.7 Å². The molecule has 5 heteroatoms. The van der Waals surface area contributed by atoms with E-state index in [1.165, 1.54) is 12.8 Å². The highest BCUT2D eigenvalue weighted by molar-refractivity contribution is 6.36. The molecule has 1 aromatic rings. The number of amides is 1. The van der Waals surface area contributed by atoms with Crippen molar-refractivity contribution in [2.75, 3.05) is 13.7 Å². The van der Waals surface area contributed by atoms with E-state index in [0.717, 1.165) is 44.2 Å². The van der Waals surface area contributed by atoms with Gasteiger partial charge >= 0.3 is 0 Å². The van der Waals surface area contributed by atoms with Gasteiger partial charge in [0.15, 0.2) is 0 Å². The summed E-state index contributed by atoms with van der Waals surface area (Å²) in [6.07, 6.45) is 7.14. The molecule has 2 fully saturated rings. The van der Waals surface area contributed by atoms with E-state index in [-0.39, 0.29) is 0 Å². The minimum Gasteiger partial charge on any atom is -0.497 e. The Morgan fingerprint density at radius 2 is 1.96 bits per heavy atom. The van der Waals surface area contributed by atoms with Gasteiger partial charge in [-0.3, -0.25) is 4.79 Å². The van der Waals surface area contributed by atoms with Crippen LogP contribution < -0.4 is 4.74 Å². The summed E-state index contributed by atoms with van der Waals surface area (Å²) in [6, 6.07) is 4.06. The number of carbonyl (C=O) groups excluding carboxylic acids is 1. The van der Waals surface area contributed by atoms with Gasteiger partial charge in [0, 0.05) is 29.1 Å². The molecule has 2 aliphatic rings. The fraction of sp³-hybridized carbons (Fsp3) is 0.611. The highest BCUT2D eigenvalue weighted by atomic mass is 35.5. The first-order chi connectivity index (χ1) is 11.1. The third-order valence-electron chi connectivity index (χ3n) is 5.15. The van der Waals surface area contributed by atoms with Crippen molar-refractivity contribution in [3.8, 4) is 5.75 Å². The first-order valence-corrected chi connectivity index (χ1v) is 9.15. The van der Waals surface area contributed by atoms with Gasteiger partial charge in [0.05, 0.1) is 7.11 Å². The Morgan fingerprint density at radius 3 is 2.57 bits per heavy atom. The van der Waals surface area contributed by atoms with Crippen LogP contribution in [-0.4, -0.2) is 30.5 Å². The molecule has 1 amide bonds. The predicted molar refractivity (Wildman–Crippen MR) is 93.4 cm³/mol. The SMILES string of the molecule is COc1cc(Cl)c(CC2CCCC(N3CCCC3=O)C2)c(Cl)c1. The minimum atomic E-state index is 0.330. The summed E-state index contributed by atoms with van der Waals surface area (Å²) >= 11 is 12.8. The highest BCUT2D eigenvalue weighted by Gasteiger charge is 2.32. The van der Waals surface area contributed by atoms with Crippen LogP contribution in [0, 0.1) is 5.92 Å². The lowest BCUT2D eigenvalue weighted by Gasteiger charge is -2.35. The summed E-state index contributed by atoms with van der Waals surface area (Å²) in [5.74, 6) is 1.55. The van der Waals surface area contributed by atoms with Crippen molar-refractivity contribution in [1.82, 2.24) is 4.90 Å². The van der Waals surface area contributed by atoms with Gasteiger partial charge in [-0.1, -0.05) is 29.6 Å². The Hall–Kier alpha value is -0.930. The molecule has 0 spiro atoms. The smallest absolute Gasteiger partial charge is 0.222 e. The largest absolute Gasteiger partial charge is 0.497 e. The molecule has 1 saturated carbocycles. The van der Waals surface area contributed by atoms with Crippen LogP contribution in [0.5, 0.6) is 5.75 Å². The quantitative estimate of drug-likeness (QED) is 0.781. The van der Waals surface area contributed by atoms with Crippen molar-refractivity contribution in [3.05, 3.63) is 27.7 Å². The Morgan fingerprint density at radius 1 is 1.22 bits per heavy atom. The number of carbonyl (C=O) groups is 1. The van der Waals surface area contributed by atoms with E-state index in [4.69, 9.17) is 27.9 Å². The molecule has 1 heterocycles. The number of benzene rings is 1. The number of methoxy groups -OCH3 is 1. The number of ether oxygens (including phenoxy) is 1. The van der Waals surface area contributed by atoms with Gasteiger partial charge in [0.25, 0.3) is 0 Å². The molecule has 1 aromatic carbocycles. The minimum absolute atomic E-state index is 0.330. The number of hydrogen-bond acceptors (Lipinski definition) is 2. The van der Waals surface area contributed by atoms with Crippen LogP contribution in [0.4, 0.5) is 0 Å². The summed E-state index contributed by atoms with van der Waals surface area (Å²) < 4.78 is 5.20. The number of halogens is 2. The lowest BCUT2D eigenvalue weighted by molar-refractivity contribution is -0.130. The molecule has 0 bridgehead atoms. The molecule has 2 atom stereocenters. The second-order valence-corrected chi connectivity index (χ2v) is 7.47. The molecular formula is C18H23Cl2NO2. The first kappa shape index (κ1) is 16.9. The van der Waals surface area contributed by atoms with E-state index in [9.17, 15) is 4.79 Å². The Kier molecular flexibility index (Phi) is 5.38. The average Bonchev–Trinajstić information content (AvgIpc) is 2.97. The summed E-state index contributed by atoms with van der Waals surface area (Å²) in [5, 5.41) is 1.35. The second kappa shape index (κ2) is 7.31. The van der Waals surface area contributed by atoms with Gasteiger partial charge in [0.1, 0.15) is 5.75 Å². The lowest BCUT2D eigenvalue weighted by atomic mass is 9.81. The average molecular weight is 356 g/mol. The zero-order valence-corrected chi connectivity index (χ0v) is 15.0. The van der Waals surface area contributed by atoms with Crippen LogP contribution in [0.2, 0.25) is 10.0 Å². The Bertz CT molecular complexity index is 567. The highest BCUT2D eigenvalue weighted by Crippen LogP contribution is 2.37. The van der Waals surface area contributed by atoms with E-state index in [2.05, 4.69) is 4.90 Å². The summed E-state index contributed by atoms with van der Waals surface area (Å²) in [5.41, 5.74) is 1.01. The van der Waals surface area contributed by atoms with Crippen molar-refractivity contribution < 1.29 is 9.53 Å². The van der Waals surface area contributed by atoms with Crippen LogP contribution in [0.25, 0.3) is 0 Å². The molecule has 1 aliphatic carbocycles. The molecule has 0 aromatic heterocycles. The lowest BCUT2D eigenvalue weighted by Crippen LogP contribution is -2.39. The van der Waals surface area contributed by atoms with E-state index >= 15 is 0 Å². The third-order valence-corrected chi connectivity index (χ3v) is 5.82. The van der Waals surface area contributed by atoms with Crippen LogP contribution in [-0.2, 0) is 11.2 Å². The molecule has 3 rings (SSSR count). The predicted octanol–water partition coefficient (Wildman–Crippen LogP) is 4.73. The van der Waals surface area contributed by atoms with Crippen molar-refractivity contribution >= 4 is 29.1 Å². The summed E-state index contributed by atoms with van der Waals surface area (Å²) in [4.78, 5) is 14.1. The van der Waals surface area contributed by atoms with E-state index < -0.39 is 0 Å². The molecule has 23 heavy (non-hydrogen) atoms. The topological polar surface area (TPSA) is 29.5 Å². The van der Waals surface area contributed by atoms with Gasteiger partial charge in [0.2, 0.25) is 5.91 Å². The zero-order valence-electron chi connectivity index (χ0n) is 13.5. The monoisotopic (exact) mass is 355 g/mol. The number of hydrogen-bond donors (Lipinski definition) is 0. The molecule has 1 saturated heterocycles. The standard InChI is InChI=1S/C18H23Cl2NO2/c1-23-14-10-16(19)15(17(20)11-14)9-12-4-2-5-13(8-12)21-7-3-6-18(21)22/h10-13H,2-9H2,1H3. The van der Waals surface area contributed by atoms with Crippen molar-refractivity contribution in [1.29, 1.82) is 0 Å². The molecule has 0 radical (unpaired) electrons. The van der Waals surface area contributed by atoms with E-state index in [1.54, 1.807) is 7.11 Å². The first-order valence-electron chi connectivity index (χ1n) is 8.40. The Balaban J connectivity index is 1.69. The number of rotatable bonds is 4. The van der Waals surface area contributed by atoms with E-state index in [1.807, 2.05) is 12.1 Å². The van der Waals surface area contributed by atoms with Gasteiger partial charge in [-0.25, -0.2) is 0 Å². The molecule has 3 nitrogen and oxygen atoms in total. The van der Waals surface area contributed by atoms with Crippen molar-refractivity contribution in [2.45, 2.75) is 51.0 Å². The maximum Gasteiger partial charge on any atom is 0.222 e. The fourth-order valence-electron chi connectivity index (χ4n) is 3.97. The van der Waals surface area contributed by atoms with Crippen molar-refractivity contribution in [2.24, 2.45) is 5.92 Å². The van der Waals surface area contributed by atoms with Crippen LogP contribution in [0.15, 0.2) is 12.1 Å². The molecule has 0 N–H and O–H groups in total. The maximum absolute atomic E-state index is 12.0. The zero-order chi connectivity index (χ0) is 16.4. The number of nitrogens with zero attached hydrogens (tertiary/aromatic N) is 1. The normalized spacial score (nSPS) is 25.0. The van der Waals surface area contributed by atoms with Gasteiger partial charge in [-0.2, -0.15) is 0 Å². The van der Waals surface area contributed by atoms with Gasteiger partial charge in [-0.15, -0.1) is 0 Å². The summed E-state index contributed by atoms with van der Waals surface area (Å²) in [7, 11) is 1.61. The van der Waals surface area contributed by atoms with Crippen LogP contribution >= 0.6 is 23.2 Å². The molecule has 1 aliphatic heterocycles. The van der Waals surface area contributed by atoms with Crippen molar-refractivity contribution in [3.63, 3.8) is 0 Å². The molecule has 126 valence electrons. The summed E-state index contributed by atoms with van der Waals surface area (Å²) in [6.45, 7) is 0.931. The fourth-order valence-corrected chi connectivity index (χ4v) is 4.59. The second-order valence-electron chi connectivity index (χ2n) is 6.65. The van der Waals surface area contributed by atoms with Gasteiger partial charge < -0.3 is 9.64 Å². The Labute approximate surface area is 147 Å². The molecular weight excluding hydrogens is 333 g/mol. The third kappa shape index (κ3) is 3.77. The molecule has 2 unspecified atom stereocenters. The van der Waals surface area contributed by atoms with Crippen LogP contribution in [0.3, 0.4) is 0 Å². The van der Waals surface area contributed by atoms with Crippen LogP contribution in [0.1, 0.15) is 44.1 Å². The maximum atomic E-state index is 12.0. The van der Waals surface area contributed by atoms with Gasteiger partial charge in [-0.05, 0) is 55.7 Å². The number of likely N-dealkylation sites (tertiary alicyclic amines) is 1.